The highest BCUT2D eigenvalue weighted by Gasteiger charge is 2.14. The third kappa shape index (κ3) is 4.45. The summed E-state index contributed by atoms with van der Waals surface area (Å²) in [6, 6.07) is 3.88. The molecule has 1 aliphatic heterocycles. The molecule has 2 heterocycles. The number of aryl methyl sites for hydroxylation is 1. The fourth-order valence-corrected chi connectivity index (χ4v) is 2.09. The van der Waals surface area contributed by atoms with Crippen molar-refractivity contribution in [1.29, 1.82) is 0 Å². The first-order chi connectivity index (χ1) is 8.84. The van der Waals surface area contributed by atoms with E-state index in [2.05, 4.69) is 10.3 Å². The molecule has 0 aromatic carbocycles. The highest BCUT2D eigenvalue weighted by Crippen LogP contribution is 2.11. The molecule has 18 heavy (non-hydrogen) atoms. The third-order valence-electron chi connectivity index (χ3n) is 3.16. The summed E-state index contributed by atoms with van der Waals surface area (Å²) in [5, 5.41) is 2.94. The Morgan fingerprint density at radius 3 is 3.17 bits per heavy atom. The van der Waals surface area contributed by atoms with E-state index in [-0.39, 0.29) is 12.0 Å². The summed E-state index contributed by atoms with van der Waals surface area (Å²) in [4.78, 5) is 15.7. The lowest BCUT2D eigenvalue weighted by Crippen LogP contribution is -2.35. The van der Waals surface area contributed by atoms with Gasteiger partial charge in [0.25, 0.3) is 0 Å². The number of aromatic nitrogens is 1. The molecule has 1 aromatic rings. The van der Waals surface area contributed by atoms with E-state index in [1.807, 2.05) is 12.1 Å². The standard InChI is InChI=1S/C14H20N2O2/c17-14(7-6-12-4-3-8-15-10-12)16-11-13-5-1-2-9-18-13/h3-4,8,10,13H,1-2,5-7,9,11H2,(H,16,17). The molecule has 0 saturated carbocycles. The van der Waals surface area contributed by atoms with Gasteiger partial charge in [-0.1, -0.05) is 6.07 Å². The molecule has 4 heteroatoms. The average Bonchev–Trinajstić information content (AvgIpc) is 2.45. The predicted molar refractivity (Wildman–Crippen MR) is 69.2 cm³/mol. The van der Waals surface area contributed by atoms with E-state index in [0.29, 0.717) is 13.0 Å². The smallest absolute Gasteiger partial charge is 0.220 e. The van der Waals surface area contributed by atoms with Crippen LogP contribution >= 0.6 is 0 Å². The van der Waals surface area contributed by atoms with Gasteiger partial charge in [-0.15, -0.1) is 0 Å². The van der Waals surface area contributed by atoms with E-state index < -0.39 is 0 Å². The molecule has 1 aromatic heterocycles. The lowest BCUT2D eigenvalue weighted by Gasteiger charge is -2.22. The highest BCUT2D eigenvalue weighted by atomic mass is 16.5. The van der Waals surface area contributed by atoms with Crippen LogP contribution in [0.15, 0.2) is 24.5 Å². The molecule has 1 amide bonds. The van der Waals surface area contributed by atoms with Crippen LogP contribution in [0.1, 0.15) is 31.2 Å². The van der Waals surface area contributed by atoms with Gasteiger partial charge in [0.2, 0.25) is 5.91 Å². The number of hydrogen-bond donors (Lipinski definition) is 1. The molecule has 1 fully saturated rings. The van der Waals surface area contributed by atoms with Crippen LogP contribution in [0.5, 0.6) is 0 Å². The van der Waals surface area contributed by atoms with Crippen molar-refractivity contribution in [3.05, 3.63) is 30.1 Å². The summed E-state index contributed by atoms with van der Waals surface area (Å²) in [5.74, 6) is 0.0908. The van der Waals surface area contributed by atoms with Gasteiger partial charge >= 0.3 is 0 Å². The number of hydrogen-bond acceptors (Lipinski definition) is 3. The lowest BCUT2D eigenvalue weighted by atomic mass is 10.1. The maximum Gasteiger partial charge on any atom is 0.220 e. The first-order valence-corrected chi connectivity index (χ1v) is 6.62. The van der Waals surface area contributed by atoms with Crippen molar-refractivity contribution in [2.24, 2.45) is 0 Å². The average molecular weight is 248 g/mol. The Morgan fingerprint density at radius 2 is 2.44 bits per heavy atom. The number of carbonyl (C=O) groups is 1. The van der Waals surface area contributed by atoms with Gasteiger partial charge in [-0.25, -0.2) is 0 Å². The van der Waals surface area contributed by atoms with Crippen molar-refractivity contribution >= 4 is 5.91 Å². The Hall–Kier alpha value is -1.42. The van der Waals surface area contributed by atoms with E-state index in [1.54, 1.807) is 12.4 Å². The van der Waals surface area contributed by atoms with Crippen LogP contribution in [0.25, 0.3) is 0 Å². The molecule has 1 aliphatic rings. The van der Waals surface area contributed by atoms with Gasteiger partial charge in [0.1, 0.15) is 0 Å². The summed E-state index contributed by atoms with van der Waals surface area (Å²) < 4.78 is 5.57. The Morgan fingerprint density at radius 1 is 1.50 bits per heavy atom. The SMILES string of the molecule is O=C(CCc1cccnc1)NCC1CCCCO1. The number of rotatable bonds is 5. The second kappa shape index (κ2) is 7.11. The highest BCUT2D eigenvalue weighted by molar-refractivity contribution is 5.76. The Balaban J connectivity index is 1.63. The van der Waals surface area contributed by atoms with Crippen molar-refractivity contribution in [3.8, 4) is 0 Å². The second-order valence-corrected chi connectivity index (χ2v) is 4.65. The molecule has 1 atom stereocenters. The molecular formula is C14H20N2O2. The number of nitrogens with one attached hydrogen (secondary N) is 1. The molecular weight excluding hydrogens is 228 g/mol. The summed E-state index contributed by atoms with van der Waals surface area (Å²) >= 11 is 0. The van der Waals surface area contributed by atoms with Gasteiger partial charge in [0.15, 0.2) is 0 Å². The van der Waals surface area contributed by atoms with E-state index in [0.717, 1.165) is 31.4 Å². The second-order valence-electron chi connectivity index (χ2n) is 4.65. The van der Waals surface area contributed by atoms with Crippen LogP contribution in [0, 0.1) is 0 Å². The summed E-state index contributed by atoms with van der Waals surface area (Å²) in [6.45, 7) is 1.47. The van der Waals surface area contributed by atoms with Gasteiger partial charge in [0.05, 0.1) is 6.10 Å². The van der Waals surface area contributed by atoms with Crippen LogP contribution in [0.3, 0.4) is 0 Å². The van der Waals surface area contributed by atoms with E-state index >= 15 is 0 Å². The van der Waals surface area contributed by atoms with Gasteiger partial charge in [-0.3, -0.25) is 9.78 Å². The van der Waals surface area contributed by atoms with E-state index in [9.17, 15) is 4.79 Å². The number of carbonyl (C=O) groups excluding carboxylic acids is 1. The Bertz CT molecular complexity index is 361. The minimum Gasteiger partial charge on any atom is -0.376 e. The van der Waals surface area contributed by atoms with Gasteiger partial charge in [0, 0.05) is 32.0 Å². The zero-order valence-corrected chi connectivity index (χ0v) is 10.6. The number of nitrogens with zero attached hydrogens (tertiary/aromatic N) is 1. The van der Waals surface area contributed by atoms with Gasteiger partial charge in [-0.05, 0) is 37.3 Å². The third-order valence-corrected chi connectivity index (χ3v) is 3.16. The number of ether oxygens (including phenoxy) is 1. The summed E-state index contributed by atoms with van der Waals surface area (Å²) in [7, 11) is 0. The van der Waals surface area contributed by atoms with Crippen molar-refractivity contribution in [2.45, 2.75) is 38.2 Å². The van der Waals surface area contributed by atoms with Crippen molar-refractivity contribution in [3.63, 3.8) is 0 Å². The Kier molecular flexibility index (Phi) is 5.15. The topological polar surface area (TPSA) is 51.2 Å². The molecule has 0 radical (unpaired) electrons. The van der Waals surface area contributed by atoms with Crippen LogP contribution < -0.4 is 5.32 Å². The molecule has 0 aliphatic carbocycles. The van der Waals surface area contributed by atoms with E-state index in [4.69, 9.17) is 4.74 Å². The molecule has 2 rings (SSSR count). The quantitative estimate of drug-likeness (QED) is 0.863. The largest absolute Gasteiger partial charge is 0.376 e. The fraction of sp³-hybridized carbons (Fsp3) is 0.571. The fourth-order valence-electron chi connectivity index (χ4n) is 2.09. The van der Waals surface area contributed by atoms with Gasteiger partial charge < -0.3 is 10.1 Å². The molecule has 4 nitrogen and oxygen atoms in total. The molecule has 1 N–H and O–H groups in total. The van der Waals surface area contributed by atoms with Crippen LogP contribution in [0.2, 0.25) is 0 Å². The Labute approximate surface area is 108 Å². The van der Waals surface area contributed by atoms with Crippen molar-refractivity contribution in [2.75, 3.05) is 13.2 Å². The molecule has 1 unspecified atom stereocenters. The monoisotopic (exact) mass is 248 g/mol. The van der Waals surface area contributed by atoms with Crippen LogP contribution in [-0.4, -0.2) is 30.1 Å². The zero-order chi connectivity index (χ0) is 12.6. The minimum atomic E-state index is 0.0908. The lowest BCUT2D eigenvalue weighted by molar-refractivity contribution is -0.122. The number of amides is 1. The van der Waals surface area contributed by atoms with Gasteiger partial charge in [-0.2, -0.15) is 0 Å². The van der Waals surface area contributed by atoms with E-state index in [1.165, 1.54) is 6.42 Å². The van der Waals surface area contributed by atoms with Crippen molar-refractivity contribution in [1.82, 2.24) is 10.3 Å². The minimum absolute atomic E-state index is 0.0908. The first-order valence-electron chi connectivity index (χ1n) is 6.62. The maximum atomic E-state index is 11.7. The predicted octanol–water partition coefficient (Wildman–Crippen LogP) is 1.70. The summed E-state index contributed by atoms with van der Waals surface area (Å²) in [5.41, 5.74) is 1.10. The van der Waals surface area contributed by atoms with Crippen molar-refractivity contribution < 1.29 is 9.53 Å². The molecule has 1 saturated heterocycles. The number of pyridine rings is 1. The normalized spacial score (nSPS) is 19.4. The van der Waals surface area contributed by atoms with Crippen LogP contribution in [-0.2, 0) is 16.0 Å². The molecule has 0 bridgehead atoms. The first kappa shape index (κ1) is 13.0. The zero-order valence-electron chi connectivity index (χ0n) is 10.6. The maximum absolute atomic E-state index is 11.7. The summed E-state index contributed by atoms with van der Waals surface area (Å²) in [6.07, 6.45) is 8.41. The van der Waals surface area contributed by atoms with Crippen LogP contribution in [0.4, 0.5) is 0 Å². The molecule has 0 spiro atoms. The molecule has 98 valence electrons.